The number of aliphatic hydroxyl groups is 1. The first kappa shape index (κ1) is 11.2. The second kappa shape index (κ2) is 5.09. The lowest BCUT2D eigenvalue weighted by atomic mass is 10.2. The van der Waals surface area contributed by atoms with Gasteiger partial charge in [-0.15, -0.1) is 0 Å². The Labute approximate surface area is 83.7 Å². The van der Waals surface area contributed by atoms with Gasteiger partial charge in [0.25, 0.3) is 0 Å². The molecule has 0 amide bonds. The Balaban J connectivity index is 2.86. The number of aryl methyl sites for hydroxylation is 1. The van der Waals surface area contributed by atoms with Gasteiger partial charge in [-0.3, -0.25) is 0 Å². The van der Waals surface area contributed by atoms with E-state index in [0.717, 1.165) is 11.3 Å². The van der Waals surface area contributed by atoms with Crippen LogP contribution in [0.4, 0.5) is 0 Å². The topological polar surface area (TPSA) is 59.3 Å². The molecule has 0 aliphatic heterocycles. The molecule has 0 aliphatic rings. The lowest BCUT2D eigenvalue weighted by molar-refractivity contribution is 0.100. The van der Waals surface area contributed by atoms with Crippen molar-refractivity contribution >= 4 is 0 Å². The number of rotatable bonds is 5. The molecule has 0 saturated carbocycles. The zero-order chi connectivity index (χ0) is 10.6. The number of hydrogen-bond donors (Lipinski definition) is 2. The summed E-state index contributed by atoms with van der Waals surface area (Å²) in [6.07, 6.45) is 1.19. The van der Waals surface area contributed by atoms with Crippen LogP contribution in [0.1, 0.15) is 17.4 Å². The normalized spacial score (nSPS) is 13.1. The highest BCUT2D eigenvalue weighted by Crippen LogP contribution is 2.16. The highest BCUT2D eigenvalue weighted by atomic mass is 16.5. The lowest BCUT2D eigenvalue weighted by Gasteiger charge is -2.13. The molecule has 5 nitrogen and oxygen atoms in total. The van der Waals surface area contributed by atoms with Gasteiger partial charge in [-0.1, -0.05) is 0 Å². The van der Waals surface area contributed by atoms with Crippen molar-refractivity contribution in [3.8, 4) is 0 Å². The summed E-state index contributed by atoms with van der Waals surface area (Å²) in [7, 11) is 3.40. The second-order valence-electron chi connectivity index (χ2n) is 3.20. The SMILES string of the molecule is CNCC(O)c1c(C)cnn1COC. The summed E-state index contributed by atoms with van der Waals surface area (Å²) in [5.41, 5.74) is 1.78. The summed E-state index contributed by atoms with van der Waals surface area (Å²) in [4.78, 5) is 0. The molecule has 80 valence electrons. The number of ether oxygens (including phenoxy) is 1. The summed E-state index contributed by atoms with van der Waals surface area (Å²) in [6.45, 7) is 2.80. The zero-order valence-electron chi connectivity index (χ0n) is 8.82. The van der Waals surface area contributed by atoms with Gasteiger partial charge in [-0.25, -0.2) is 4.68 Å². The fraction of sp³-hybridized carbons (Fsp3) is 0.667. The molecular weight excluding hydrogens is 182 g/mol. The van der Waals surface area contributed by atoms with E-state index in [-0.39, 0.29) is 0 Å². The Kier molecular flexibility index (Phi) is 4.06. The van der Waals surface area contributed by atoms with Crippen molar-refractivity contribution in [2.24, 2.45) is 0 Å². The van der Waals surface area contributed by atoms with Crippen molar-refractivity contribution in [3.05, 3.63) is 17.5 Å². The smallest absolute Gasteiger partial charge is 0.139 e. The van der Waals surface area contributed by atoms with Gasteiger partial charge in [0.15, 0.2) is 0 Å². The Hall–Kier alpha value is -0.910. The molecule has 1 atom stereocenters. The Morgan fingerprint density at radius 3 is 3.00 bits per heavy atom. The van der Waals surface area contributed by atoms with E-state index in [1.54, 1.807) is 25.0 Å². The third kappa shape index (κ3) is 2.31. The average molecular weight is 199 g/mol. The summed E-state index contributed by atoms with van der Waals surface area (Å²) in [5.74, 6) is 0. The fourth-order valence-electron chi connectivity index (χ4n) is 1.44. The van der Waals surface area contributed by atoms with Crippen molar-refractivity contribution in [1.82, 2.24) is 15.1 Å². The van der Waals surface area contributed by atoms with Crippen molar-refractivity contribution in [1.29, 1.82) is 0 Å². The van der Waals surface area contributed by atoms with Crippen LogP contribution in [0.3, 0.4) is 0 Å². The van der Waals surface area contributed by atoms with E-state index in [0.29, 0.717) is 13.3 Å². The molecule has 0 bridgehead atoms. The van der Waals surface area contributed by atoms with Crippen molar-refractivity contribution in [2.45, 2.75) is 19.8 Å². The second-order valence-corrected chi connectivity index (χ2v) is 3.20. The Morgan fingerprint density at radius 1 is 1.71 bits per heavy atom. The van der Waals surface area contributed by atoms with Gasteiger partial charge >= 0.3 is 0 Å². The van der Waals surface area contributed by atoms with Crippen LogP contribution < -0.4 is 5.32 Å². The van der Waals surface area contributed by atoms with E-state index in [9.17, 15) is 5.11 Å². The standard InChI is InChI=1S/C9H17N3O2/c1-7-4-11-12(6-14-3)9(7)8(13)5-10-2/h4,8,10,13H,5-6H2,1-3H3. The molecule has 1 rings (SSSR count). The Morgan fingerprint density at radius 2 is 2.43 bits per heavy atom. The molecule has 1 unspecified atom stereocenters. The highest BCUT2D eigenvalue weighted by Gasteiger charge is 2.15. The first-order valence-corrected chi connectivity index (χ1v) is 4.54. The summed E-state index contributed by atoms with van der Waals surface area (Å²) >= 11 is 0. The molecule has 2 N–H and O–H groups in total. The summed E-state index contributed by atoms with van der Waals surface area (Å²) in [6, 6.07) is 0. The fourth-order valence-corrected chi connectivity index (χ4v) is 1.44. The van der Waals surface area contributed by atoms with Crippen molar-refractivity contribution in [3.63, 3.8) is 0 Å². The third-order valence-corrected chi connectivity index (χ3v) is 2.04. The van der Waals surface area contributed by atoms with Crippen LogP contribution in [0.15, 0.2) is 6.20 Å². The van der Waals surface area contributed by atoms with E-state index in [1.807, 2.05) is 6.92 Å². The monoisotopic (exact) mass is 199 g/mol. The zero-order valence-corrected chi connectivity index (χ0v) is 8.82. The molecule has 0 aliphatic carbocycles. The molecule has 1 heterocycles. The predicted octanol–water partition coefficient (Wildman–Crippen LogP) is 0.0482. The minimum absolute atomic E-state index is 0.365. The molecule has 0 saturated heterocycles. The maximum atomic E-state index is 9.82. The van der Waals surface area contributed by atoms with Crippen LogP contribution in [0, 0.1) is 6.92 Å². The minimum atomic E-state index is -0.544. The number of methoxy groups -OCH3 is 1. The van der Waals surface area contributed by atoms with Gasteiger partial charge in [0.05, 0.1) is 11.9 Å². The van der Waals surface area contributed by atoms with Crippen LogP contribution in [-0.4, -0.2) is 35.6 Å². The number of likely N-dealkylation sites (N-methyl/N-ethyl adjacent to an activating group) is 1. The van der Waals surface area contributed by atoms with Crippen molar-refractivity contribution < 1.29 is 9.84 Å². The number of aromatic nitrogens is 2. The number of aliphatic hydroxyl groups excluding tert-OH is 1. The molecule has 0 fully saturated rings. The van der Waals surface area contributed by atoms with Crippen LogP contribution in [0.2, 0.25) is 0 Å². The third-order valence-electron chi connectivity index (χ3n) is 2.04. The minimum Gasteiger partial charge on any atom is -0.385 e. The van der Waals surface area contributed by atoms with Crippen LogP contribution in [0.25, 0.3) is 0 Å². The van der Waals surface area contributed by atoms with E-state index >= 15 is 0 Å². The van der Waals surface area contributed by atoms with Gasteiger partial charge in [-0.05, 0) is 19.5 Å². The first-order chi connectivity index (χ1) is 6.70. The summed E-state index contributed by atoms with van der Waals surface area (Å²) < 4.78 is 6.64. The molecule has 1 aromatic heterocycles. The first-order valence-electron chi connectivity index (χ1n) is 4.54. The number of hydrogen-bond acceptors (Lipinski definition) is 4. The number of nitrogens with one attached hydrogen (secondary N) is 1. The average Bonchev–Trinajstić information content (AvgIpc) is 2.48. The van der Waals surface area contributed by atoms with E-state index in [4.69, 9.17) is 4.74 Å². The highest BCUT2D eigenvalue weighted by molar-refractivity contribution is 5.18. The number of nitrogens with zero attached hydrogens (tertiary/aromatic N) is 2. The van der Waals surface area contributed by atoms with E-state index in [1.165, 1.54) is 0 Å². The maximum absolute atomic E-state index is 9.82. The van der Waals surface area contributed by atoms with Gasteiger partial charge in [0.2, 0.25) is 0 Å². The summed E-state index contributed by atoms with van der Waals surface area (Å²) in [5, 5.41) is 16.9. The molecule has 5 heteroatoms. The van der Waals surface area contributed by atoms with Crippen molar-refractivity contribution in [2.75, 3.05) is 20.7 Å². The maximum Gasteiger partial charge on any atom is 0.139 e. The van der Waals surface area contributed by atoms with Crippen LogP contribution >= 0.6 is 0 Å². The predicted molar refractivity (Wildman–Crippen MR) is 52.9 cm³/mol. The molecular formula is C9H17N3O2. The quantitative estimate of drug-likeness (QED) is 0.703. The van der Waals surface area contributed by atoms with Crippen LogP contribution in [-0.2, 0) is 11.5 Å². The molecule has 0 radical (unpaired) electrons. The lowest BCUT2D eigenvalue weighted by Crippen LogP contribution is -2.21. The Bertz CT molecular complexity index is 286. The van der Waals surface area contributed by atoms with Crippen LogP contribution in [0.5, 0.6) is 0 Å². The van der Waals surface area contributed by atoms with Gasteiger partial charge < -0.3 is 15.2 Å². The molecule has 14 heavy (non-hydrogen) atoms. The van der Waals surface area contributed by atoms with Gasteiger partial charge in [-0.2, -0.15) is 5.10 Å². The largest absolute Gasteiger partial charge is 0.385 e. The van der Waals surface area contributed by atoms with E-state index in [2.05, 4.69) is 10.4 Å². The van der Waals surface area contributed by atoms with Gasteiger partial charge in [0, 0.05) is 13.7 Å². The molecule has 0 aromatic carbocycles. The van der Waals surface area contributed by atoms with Gasteiger partial charge in [0.1, 0.15) is 12.8 Å². The molecule has 1 aromatic rings. The molecule has 0 spiro atoms. The van der Waals surface area contributed by atoms with E-state index < -0.39 is 6.10 Å².